The van der Waals surface area contributed by atoms with Crippen molar-refractivity contribution in [3.8, 4) is 11.6 Å². The Kier molecular flexibility index (Phi) is 6.89. The number of ether oxygens (including phenoxy) is 1. The van der Waals surface area contributed by atoms with Gasteiger partial charge in [-0.2, -0.15) is 0 Å². The molecule has 8 heteroatoms. The van der Waals surface area contributed by atoms with Gasteiger partial charge in [-0.1, -0.05) is 18.2 Å². The van der Waals surface area contributed by atoms with Crippen molar-refractivity contribution in [3.63, 3.8) is 0 Å². The highest BCUT2D eigenvalue weighted by atomic mass is 16.5. The molecule has 3 heterocycles. The van der Waals surface area contributed by atoms with E-state index < -0.39 is 0 Å². The maximum atomic E-state index is 5.53. The third-order valence-corrected chi connectivity index (χ3v) is 5.60. The molecule has 4 rings (SSSR count). The molecule has 3 aromatic rings. The Morgan fingerprint density at radius 1 is 1.22 bits per heavy atom. The molecule has 0 aliphatic carbocycles. The van der Waals surface area contributed by atoms with Gasteiger partial charge < -0.3 is 20.3 Å². The Labute approximate surface area is 189 Å². The molecule has 1 atom stereocenters. The molecule has 2 N–H and O–H groups in total. The van der Waals surface area contributed by atoms with Crippen LogP contribution < -0.4 is 20.3 Å². The normalized spacial score (nSPS) is 16.3. The first-order valence-corrected chi connectivity index (χ1v) is 11.1. The number of aromatic nitrogens is 3. The van der Waals surface area contributed by atoms with Crippen molar-refractivity contribution < 1.29 is 4.74 Å². The summed E-state index contributed by atoms with van der Waals surface area (Å²) < 4.78 is 7.49. The SMILES string of the molecule is CCNC(=NCc1ccc(-n2ccnc2C)nc1)NC1CCN(c2ccccc2OC)C1. The number of guanidine groups is 1. The van der Waals surface area contributed by atoms with E-state index in [1.54, 1.807) is 13.3 Å². The van der Waals surface area contributed by atoms with Crippen LogP contribution in [0.2, 0.25) is 0 Å². The van der Waals surface area contributed by atoms with Crippen molar-refractivity contribution in [3.05, 3.63) is 66.4 Å². The fourth-order valence-electron chi connectivity index (χ4n) is 3.94. The summed E-state index contributed by atoms with van der Waals surface area (Å²) in [6.45, 7) is 7.31. The minimum Gasteiger partial charge on any atom is -0.495 e. The van der Waals surface area contributed by atoms with Crippen LogP contribution in [0.5, 0.6) is 5.75 Å². The summed E-state index contributed by atoms with van der Waals surface area (Å²) in [6, 6.07) is 12.6. The first-order valence-electron chi connectivity index (χ1n) is 11.1. The van der Waals surface area contributed by atoms with Crippen LogP contribution in [0.4, 0.5) is 5.69 Å². The van der Waals surface area contributed by atoms with Gasteiger partial charge in [0.05, 0.1) is 19.3 Å². The number of nitrogens with zero attached hydrogens (tertiary/aromatic N) is 5. The Morgan fingerprint density at radius 3 is 2.81 bits per heavy atom. The Morgan fingerprint density at radius 2 is 2.09 bits per heavy atom. The minimum atomic E-state index is 0.322. The number of nitrogens with one attached hydrogen (secondary N) is 2. The molecular formula is C24H31N7O. The van der Waals surface area contributed by atoms with Crippen LogP contribution in [0.25, 0.3) is 5.82 Å². The van der Waals surface area contributed by atoms with Crippen LogP contribution in [-0.2, 0) is 6.54 Å². The van der Waals surface area contributed by atoms with Gasteiger partial charge in [0.2, 0.25) is 0 Å². The highest BCUT2D eigenvalue weighted by Gasteiger charge is 2.25. The van der Waals surface area contributed by atoms with E-state index in [9.17, 15) is 0 Å². The predicted octanol–water partition coefficient (Wildman–Crippen LogP) is 2.92. The van der Waals surface area contributed by atoms with Gasteiger partial charge in [0.15, 0.2) is 5.96 Å². The van der Waals surface area contributed by atoms with E-state index in [4.69, 9.17) is 9.73 Å². The molecule has 0 radical (unpaired) electrons. The lowest BCUT2D eigenvalue weighted by Crippen LogP contribution is -2.44. The first kappa shape index (κ1) is 21.7. The number of rotatable bonds is 7. The van der Waals surface area contributed by atoms with Crippen molar-refractivity contribution in [2.45, 2.75) is 32.9 Å². The van der Waals surface area contributed by atoms with E-state index in [2.05, 4.69) is 50.6 Å². The van der Waals surface area contributed by atoms with Crippen LogP contribution in [0.15, 0.2) is 60.0 Å². The van der Waals surface area contributed by atoms with Crippen LogP contribution >= 0.6 is 0 Å². The molecular weight excluding hydrogens is 402 g/mol. The second-order valence-electron chi connectivity index (χ2n) is 7.81. The Hall–Kier alpha value is -3.55. The van der Waals surface area contributed by atoms with Gasteiger partial charge in [0.25, 0.3) is 0 Å². The number of hydrogen-bond donors (Lipinski definition) is 2. The van der Waals surface area contributed by atoms with Gasteiger partial charge in [-0.3, -0.25) is 4.57 Å². The molecule has 0 spiro atoms. The van der Waals surface area contributed by atoms with Crippen molar-refractivity contribution in [1.29, 1.82) is 0 Å². The fraction of sp³-hybridized carbons (Fsp3) is 0.375. The van der Waals surface area contributed by atoms with Gasteiger partial charge >= 0.3 is 0 Å². The molecule has 0 amide bonds. The zero-order valence-corrected chi connectivity index (χ0v) is 19.0. The maximum absolute atomic E-state index is 5.53. The number of imidazole rings is 1. The molecule has 168 valence electrons. The van der Waals surface area contributed by atoms with Gasteiger partial charge in [-0.15, -0.1) is 0 Å². The molecule has 1 unspecified atom stereocenters. The summed E-state index contributed by atoms with van der Waals surface area (Å²) in [6.07, 6.45) is 6.62. The van der Waals surface area contributed by atoms with E-state index >= 15 is 0 Å². The number of benzene rings is 1. The lowest BCUT2D eigenvalue weighted by molar-refractivity contribution is 0.415. The number of anilines is 1. The monoisotopic (exact) mass is 433 g/mol. The van der Waals surface area contributed by atoms with E-state index in [0.717, 1.165) is 60.7 Å². The zero-order valence-electron chi connectivity index (χ0n) is 19.0. The topological polar surface area (TPSA) is 79.6 Å². The first-order chi connectivity index (χ1) is 15.7. The molecule has 0 saturated carbocycles. The van der Waals surface area contributed by atoms with Crippen LogP contribution in [0, 0.1) is 6.92 Å². The molecule has 1 aliphatic heterocycles. The van der Waals surface area contributed by atoms with Crippen molar-refractivity contribution in [2.24, 2.45) is 4.99 Å². The van der Waals surface area contributed by atoms with E-state index in [1.807, 2.05) is 42.1 Å². The summed E-state index contributed by atoms with van der Waals surface area (Å²) in [5.74, 6) is 3.52. The lowest BCUT2D eigenvalue weighted by Gasteiger charge is -2.22. The standard InChI is InChI=1S/C24H31N7O/c1-4-25-24(28-16-19-9-10-23(27-15-19)31-14-12-26-18(31)2)29-20-11-13-30(17-20)21-7-5-6-8-22(21)32-3/h5-10,12,14-15,20H,4,11,13,16-17H2,1-3H3,(H2,25,28,29). The third-order valence-electron chi connectivity index (χ3n) is 5.60. The van der Waals surface area contributed by atoms with Crippen molar-refractivity contribution in [1.82, 2.24) is 25.2 Å². The molecule has 1 aliphatic rings. The quantitative estimate of drug-likeness (QED) is 0.441. The molecule has 1 aromatic carbocycles. The number of para-hydroxylation sites is 2. The van der Waals surface area contributed by atoms with E-state index in [0.29, 0.717) is 12.6 Å². The zero-order chi connectivity index (χ0) is 22.3. The lowest BCUT2D eigenvalue weighted by atomic mass is 10.2. The number of aliphatic imine (C=N–C) groups is 1. The van der Waals surface area contributed by atoms with E-state index in [1.165, 1.54) is 0 Å². The summed E-state index contributed by atoms with van der Waals surface area (Å²) in [7, 11) is 1.72. The molecule has 32 heavy (non-hydrogen) atoms. The molecule has 2 aromatic heterocycles. The number of hydrogen-bond acceptors (Lipinski definition) is 5. The molecule has 8 nitrogen and oxygen atoms in total. The molecule has 1 fully saturated rings. The second kappa shape index (κ2) is 10.2. The largest absolute Gasteiger partial charge is 0.495 e. The minimum absolute atomic E-state index is 0.322. The number of pyridine rings is 1. The van der Waals surface area contributed by atoms with Crippen molar-refractivity contribution >= 4 is 11.6 Å². The summed E-state index contributed by atoms with van der Waals surface area (Å²) in [4.78, 5) is 16.0. The molecule has 1 saturated heterocycles. The van der Waals surface area contributed by atoms with Crippen LogP contribution in [0.1, 0.15) is 24.7 Å². The summed E-state index contributed by atoms with van der Waals surface area (Å²) in [5, 5.41) is 6.95. The highest BCUT2D eigenvalue weighted by Crippen LogP contribution is 2.30. The van der Waals surface area contributed by atoms with E-state index in [-0.39, 0.29) is 0 Å². The number of methoxy groups -OCH3 is 1. The smallest absolute Gasteiger partial charge is 0.191 e. The van der Waals surface area contributed by atoms with Crippen LogP contribution in [0.3, 0.4) is 0 Å². The summed E-state index contributed by atoms with van der Waals surface area (Å²) in [5.41, 5.74) is 2.20. The second-order valence-corrected chi connectivity index (χ2v) is 7.81. The molecule has 0 bridgehead atoms. The van der Waals surface area contributed by atoms with Gasteiger partial charge in [-0.25, -0.2) is 15.0 Å². The van der Waals surface area contributed by atoms with Gasteiger partial charge in [0, 0.05) is 44.3 Å². The van der Waals surface area contributed by atoms with Gasteiger partial charge in [0.1, 0.15) is 17.4 Å². The Bertz CT molecular complexity index is 1040. The Balaban J connectivity index is 1.38. The fourth-order valence-corrected chi connectivity index (χ4v) is 3.94. The summed E-state index contributed by atoms with van der Waals surface area (Å²) >= 11 is 0. The number of aryl methyl sites for hydroxylation is 1. The maximum Gasteiger partial charge on any atom is 0.191 e. The third kappa shape index (κ3) is 5.01. The van der Waals surface area contributed by atoms with Crippen molar-refractivity contribution in [2.75, 3.05) is 31.6 Å². The van der Waals surface area contributed by atoms with Crippen LogP contribution in [-0.4, -0.2) is 53.3 Å². The predicted molar refractivity (Wildman–Crippen MR) is 128 cm³/mol. The average Bonchev–Trinajstić information content (AvgIpc) is 3.47. The highest BCUT2D eigenvalue weighted by molar-refractivity contribution is 5.80. The van der Waals surface area contributed by atoms with Gasteiger partial charge in [-0.05, 0) is 44.0 Å². The average molecular weight is 434 g/mol.